The van der Waals surface area contributed by atoms with E-state index in [9.17, 15) is 17.6 Å². The van der Waals surface area contributed by atoms with Crippen LogP contribution < -0.4 is 15.2 Å². The van der Waals surface area contributed by atoms with Crippen molar-refractivity contribution < 1.29 is 27.0 Å². The highest BCUT2D eigenvalue weighted by atomic mass is 19.4. The lowest BCUT2D eigenvalue weighted by Gasteiger charge is -2.20. The molecule has 3 nitrogen and oxygen atoms in total. The van der Waals surface area contributed by atoms with Crippen LogP contribution in [-0.4, -0.2) is 18.4 Å². The van der Waals surface area contributed by atoms with E-state index >= 15 is 0 Å². The third-order valence-corrected chi connectivity index (χ3v) is 2.19. The van der Waals surface area contributed by atoms with E-state index in [0.717, 1.165) is 19.1 Å². The van der Waals surface area contributed by atoms with Crippen molar-refractivity contribution in [3.05, 3.63) is 17.9 Å². The molecule has 2 N–H and O–H groups in total. The molecule has 0 saturated heterocycles. The van der Waals surface area contributed by atoms with Crippen LogP contribution in [0.1, 0.15) is 20.8 Å². The molecule has 1 aromatic carbocycles. The SMILES string of the molecule is CC(C)Oc1cc(OC(C)C(F)(F)F)c(N)cc1F. The summed E-state index contributed by atoms with van der Waals surface area (Å²) >= 11 is 0. The molecule has 19 heavy (non-hydrogen) atoms. The van der Waals surface area contributed by atoms with Crippen molar-refractivity contribution >= 4 is 5.69 Å². The molecule has 0 heterocycles. The van der Waals surface area contributed by atoms with Gasteiger partial charge in [-0.05, 0) is 20.8 Å². The number of halogens is 4. The van der Waals surface area contributed by atoms with E-state index in [1.165, 1.54) is 0 Å². The van der Waals surface area contributed by atoms with Gasteiger partial charge in [0.2, 0.25) is 0 Å². The minimum atomic E-state index is -4.53. The van der Waals surface area contributed by atoms with Crippen LogP contribution in [0.2, 0.25) is 0 Å². The Kier molecular flexibility index (Phi) is 4.49. The zero-order valence-electron chi connectivity index (χ0n) is 10.7. The Morgan fingerprint density at radius 3 is 2.11 bits per heavy atom. The third kappa shape index (κ3) is 4.18. The Bertz CT molecular complexity index is 446. The average molecular weight is 281 g/mol. The molecule has 1 atom stereocenters. The first kappa shape index (κ1) is 15.4. The number of nitrogen functional groups attached to an aromatic ring is 1. The highest BCUT2D eigenvalue weighted by Crippen LogP contribution is 2.33. The van der Waals surface area contributed by atoms with Crippen LogP contribution in [0, 0.1) is 5.82 Å². The summed E-state index contributed by atoms with van der Waals surface area (Å²) in [6.07, 6.45) is -6.90. The third-order valence-electron chi connectivity index (χ3n) is 2.19. The van der Waals surface area contributed by atoms with Crippen LogP contribution in [-0.2, 0) is 0 Å². The second-order valence-corrected chi connectivity index (χ2v) is 4.29. The first-order valence-electron chi connectivity index (χ1n) is 5.60. The summed E-state index contributed by atoms with van der Waals surface area (Å²) < 4.78 is 60.4. The fourth-order valence-electron chi connectivity index (χ4n) is 1.25. The van der Waals surface area contributed by atoms with Crippen molar-refractivity contribution in [3.8, 4) is 11.5 Å². The van der Waals surface area contributed by atoms with Gasteiger partial charge in [0.1, 0.15) is 5.75 Å². The van der Waals surface area contributed by atoms with Crippen molar-refractivity contribution in [1.29, 1.82) is 0 Å². The van der Waals surface area contributed by atoms with Crippen LogP contribution >= 0.6 is 0 Å². The molecule has 0 fully saturated rings. The maximum atomic E-state index is 13.5. The molecule has 108 valence electrons. The highest BCUT2D eigenvalue weighted by Gasteiger charge is 2.38. The van der Waals surface area contributed by atoms with E-state index in [1.54, 1.807) is 13.8 Å². The summed E-state index contributed by atoms with van der Waals surface area (Å²) in [5.41, 5.74) is 5.21. The summed E-state index contributed by atoms with van der Waals surface area (Å²) in [6.45, 7) is 4.16. The monoisotopic (exact) mass is 281 g/mol. The maximum absolute atomic E-state index is 13.5. The molecular weight excluding hydrogens is 266 g/mol. The first-order chi connectivity index (χ1) is 8.61. The number of benzene rings is 1. The molecule has 0 aliphatic rings. The topological polar surface area (TPSA) is 44.5 Å². The van der Waals surface area contributed by atoms with Gasteiger partial charge in [-0.25, -0.2) is 4.39 Å². The van der Waals surface area contributed by atoms with Gasteiger partial charge < -0.3 is 15.2 Å². The standard InChI is InChI=1S/C12H15F4NO2/c1-6(2)18-10-5-11(9(17)4-8(10)13)19-7(3)12(14,15)16/h4-7H,17H2,1-3H3. The van der Waals surface area contributed by atoms with Crippen molar-refractivity contribution in [2.24, 2.45) is 0 Å². The number of ether oxygens (including phenoxy) is 2. The molecule has 0 aliphatic heterocycles. The van der Waals surface area contributed by atoms with Gasteiger partial charge in [-0.2, -0.15) is 13.2 Å². The van der Waals surface area contributed by atoms with Gasteiger partial charge in [0.25, 0.3) is 0 Å². The summed E-state index contributed by atoms with van der Waals surface area (Å²) in [4.78, 5) is 0. The van der Waals surface area contributed by atoms with E-state index in [4.69, 9.17) is 15.2 Å². The molecule has 1 unspecified atom stereocenters. The number of alkyl halides is 3. The van der Waals surface area contributed by atoms with Crippen molar-refractivity contribution in [2.45, 2.75) is 39.2 Å². The lowest BCUT2D eigenvalue weighted by molar-refractivity contribution is -0.189. The van der Waals surface area contributed by atoms with E-state index in [-0.39, 0.29) is 23.3 Å². The Balaban J connectivity index is 3.01. The number of hydrogen-bond donors (Lipinski definition) is 1. The van der Waals surface area contributed by atoms with Gasteiger partial charge in [0.15, 0.2) is 17.7 Å². The largest absolute Gasteiger partial charge is 0.488 e. The van der Waals surface area contributed by atoms with E-state index in [1.807, 2.05) is 0 Å². The molecule has 0 saturated carbocycles. The van der Waals surface area contributed by atoms with Gasteiger partial charge in [-0.15, -0.1) is 0 Å². The second kappa shape index (κ2) is 5.54. The van der Waals surface area contributed by atoms with Gasteiger partial charge in [0, 0.05) is 12.1 Å². The maximum Gasteiger partial charge on any atom is 0.425 e. The van der Waals surface area contributed by atoms with Gasteiger partial charge in [-0.3, -0.25) is 0 Å². The molecule has 0 aliphatic carbocycles. The number of rotatable bonds is 4. The molecule has 7 heteroatoms. The normalized spacial score (nSPS) is 13.5. The molecule has 1 rings (SSSR count). The van der Waals surface area contributed by atoms with Crippen molar-refractivity contribution in [2.75, 3.05) is 5.73 Å². The predicted molar refractivity (Wildman–Crippen MR) is 62.7 cm³/mol. The van der Waals surface area contributed by atoms with E-state index in [0.29, 0.717) is 0 Å². The van der Waals surface area contributed by atoms with Crippen LogP contribution in [0.4, 0.5) is 23.2 Å². The summed E-state index contributed by atoms with van der Waals surface area (Å²) in [6, 6.07) is 1.89. The average Bonchev–Trinajstić information content (AvgIpc) is 2.22. The second-order valence-electron chi connectivity index (χ2n) is 4.29. The summed E-state index contributed by atoms with van der Waals surface area (Å²) in [7, 11) is 0. The van der Waals surface area contributed by atoms with Crippen molar-refractivity contribution in [3.63, 3.8) is 0 Å². The molecule has 0 bridgehead atoms. The lowest BCUT2D eigenvalue weighted by Crippen LogP contribution is -2.31. The first-order valence-corrected chi connectivity index (χ1v) is 5.60. The summed E-state index contributed by atoms with van der Waals surface area (Å²) in [5, 5.41) is 0. The Morgan fingerprint density at radius 2 is 1.63 bits per heavy atom. The fourth-order valence-corrected chi connectivity index (χ4v) is 1.25. The zero-order chi connectivity index (χ0) is 14.8. The minimum Gasteiger partial charge on any atom is -0.488 e. The zero-order valence-corrected chi connectivity index (χ0v) is 10.7. The molecule has 0 aromatic heterocycles. The summed E-state index contributed by atoms with van der Waals surface area (Å²) in [5.74, 6) is -1.21. The van der Waals surface area contributed by atoms with Crippen LogP contribution in [0.15, 0.2) is 12.1 Å². The minimum absolute atomic E-state index is 0.200. The molecular formula is C12H15F4NO2. The van der Waals surface area contributed by atoms with Crippen LogP contribution in [0.5, 0.6) is 11.5 Å². The van der Waals surface area contributed by atoms with E-state index < -0.39 is 18.1 Å². The Hall–Kier alpha value is -1.66. The molecule has 0 amide bonds. The Morgan fingerprint density at radius 1 is 1.05 bits per heavy atom. The predicted octanol–water partition coefficient (Wildman–Crippen LogP) is 3.52. The number of hydrogen-bond acceptors (Lipinski definition) is 3. The number of anilines is 1. The fraction of sp³-hybridized carbons (Fsp3) is 0.500. The van der Waals surface area contributed by atoms with E-state index in [2.05, 4.69) is 0 Å². The van der Waals surface area contributed by atoms with Gasteiger partial charge in [-0.1, -0.05) is 0 Å². The van der Waals surface area contributed by atoms with Crippen molar-refractivity contribution in [1.82, 2.24) is 0 Å². The van der Waals surface area contributed by atoms with Gasteiger partial charge in [0.05, 0.1) is 11.8 Å². The quantitative estimate of drug-likeness (QED) is 0.678. The lowest BCUT2D eigenvalue weighted by atomic mass is 10.2. The van der Waals surface area contributed by atoms with Gasteiger partial charge >= 0.3 is 6.18 Å². The van der Waals surface area contributed by atoms with Crippen LogP contribution in [0.25, 0.3) is 0 Å². The number of nitrogens with two attached hydrogens (primary N) is 1. The van der Waals surface area contributed by atoms with Crippen LogP contribution in [0.3, 0.4) is 0 Å². The highest BCUT2D eigenvalue weighted by molar-refractivity contribution is 5.56. The molecule has 0 spiro atoms. The Labute approximate surface area is 108 Å². The molecule has 1 aromatic rings. The molecule has 0 radical (unpaired) electrons. The smallest absolute Gasteiger partial charge is 0.425 e.